The van der Waals surface area contributed by atoms with Crippen LogP contribution in [-0.4, -0.2) is 5.11 Å². The summed E-state index contributed by atoms with van der Waals surface area (Å²) in [6.07, 6.45) is 14.6. The maximum atomic E-state index is 9.76. The number of phenolic OH excluding ortho intramolecular Hbond substituents is 1. The summed E-state index contributed by atoms with van der Waals surface area (Å²) in [4.78, 5) is 0. The molecule has 0 fully saturated rings. The van der Waals surface area contributed by atoms with E-state index in [-0.39, 0.29) is 0 Å². The Kier molecular flexibility index (Phi) is 9.70. The molecule has 124 valence electrons. The molecule has 0 spiro atoms. The third kappa shape index (κ3) is 8.26. The highest BCUT2D eigenvalue weighted by molar-refractivity contribution is 5.37. The van der Waals surface area contributed by atoms with Gasteiger partial charge in [-0.25, -0.2) is 0 Å². The maximum Gasteiger partial charge on any atom is 0.119 e. The maximum absolute atomic E-state index is 9.76. The number of allylic oxidation sites excluding steroid dienone is 1. The van der Waals surface area contributed by atoms with Crippen LogP contribution in [0.1, 0.15) is 76.3 Å². The van der Waals surface area contributed by atoms with Crippen LogP contribution in [0.3, 0.4) is 0 Å². The lowest BCUT2D eigenvalue weighted by atomic mass is 10.0. The molecule has 1 nitrogen and oxygen atoms in total. The van der Waals surface area contributed by atoms with E-state index in [9.17, 15) is 5.11 Å². The van der Waals surface area contributed by atoms with Crippen LogP contribution in [0.5, 0.6) is 5.75 Å². The normalized spacial score (nSPS) is 11.0. The third-order valence-electron chi connectivity index (χ3n) is 4.26. The van der Waals surface area contributed by atoms with Gasteiger partial charge in [-0.2, -0.15) is 0 Å². The second kappa shape index (κ2) is 11.3. The Morgan fingerprint density at radius 3 is 2.27 bits per heavy atom. The second-order valence-electron chi connectivity index (χ2n) is 6.86. The van der Waals surface area contributed by atoms with Crippen molar-refractivity contribution in [3.05, 3.63) is 42.0 Å². The molecule has 0 saturated heterocycles. The molecule has 0 bridgehead atoms. The number of hydrogen-bond donors (Lipinski definition) is 1. The predicted molar refractivity (Wildman–Crippen MR) is 97.5 cm³/mol. The van der Waals surface area contributed by atoms with Crippen LogP contribution < -0.4 is 0 Å². The smallest absolute Gasteiger partial charge is 0.119 e. The average Bonchev–Trinajstić information content (AvgIpc) is 2.48. The van der Waals surface area contributed by atoms with Gasteiger partial charge in [-0.05, 0) is 42.4 Å². The van der Waals surface area contributed by atoms with Crippen LogP contribution in [-0.2, 0) is 12.8 Å². The molecule has 0 aliphatic heterocycles. The highest BCUT2D eigenvalue weighted by atomic mass is 16.3. The predicted octanol–water partition coefficient (Wildman–Crippen LogP) is 6.44. The number of aromatic hydroxyl groups is 1. The fourth-order valence-corrected chi connectivity index (χ4v) is 2.88. The highest BCUT2D eigenvalue weighted by Gasteiger charge is 2.01. The van der Waals surface area contributed by atoms with Gasteiger partial charge in [0.2, 0.25) is 0 Å². The first-order valence-electron chi connectivity index (χ1n) is 9.05. The van der Waals surface area contributed by atoms with Gasteiger partial charge in [-0.15, -0.1) is 6.58 Å². The number of phenols is 1. The Morgan fingerprint density at radius 2 is 1.64 bits per heavy atom. The fraction of sp³-hybridized carbons (Fsp3) is 0.619. The molecule has 0 radical (unpaired) electrons. The van der Waals surface area contributed by atoms with Gasteiger partial charge in [0.05, 0.1) is 0 Å². The minimum absolute atomic E-state index is 0.394. The zero-order valence-corrected chi connectivity index (χ0v) is 14.6. The molecular formula is C21H34O. The summed E-state index contributed by atoms with van der Waals surface area (Å²) in [7, 11) is 0. The van der Waals surface area contributed by atoms with E-state index in [1.165, 1.54) is 56.9 Å². The Bertz CT molecular complexity index is 420. The second-order valence-corrected chi connectivity index (χ2v) is 6.86. The fourth-order valence-electron chi connectivity index (χ4n) is 2.88. The monoisotopic (exact) mass is 302 g/mol. The summed E-state index contributed by atoms with van der Waals surface area (Å²) in [6.45, 7) is 8.36. The van der Waals surface area contributed by atoms with Gasteiger partial charge in [0.25, 0.3) is 0 Å². The first-order valence-corrected chi connectivity index (χ1v) is 9.05. The lowest BCUT2D eigenvalue weighted by Crippen LogP contribution is -1.90. The molecule has 1 rings (SSSR count). The van der Waals surface area contributed by atoms with Gasteiger partial charge in [0.1, 0.15) is 5.75 Å². The summed E-state index contributed by atoms with van der Waals surface area (Å²) < 4.78 is 0. The Morgan fingerprint density at radius 1 is 1.00 bits per heavy atom. The quantitative estimate of drug-likeness (QED) is 0.348. The molecule has 0 heterocycles. The number of rotatable bonds is 12. The van der Waals surface area contributed by atoms with Crippen molar-refractivity contribution in [2.75, 3.05) is 0 Å². The van der Waals surface area contributed by atoms with E-state index in [1.54, 1.807) is 0 Å². The van der Waals surface area contributed by atoms with Gasteiger partial charge >= 0.3 is 0 Å². The van der Waals surface area contributed by atoms with Crippen molar-refractivity contribution >= 4 is 0 Å². The molecular weight excluding hydrogens is 268 g/mol. The van der Waals surface area contributed by atoms with Crippen LogP contribution in [0.15, 0.2) is 30.9 Å². The summed E-state index contributed by atoms with van der Waals surface area (Å²) >= 11 is 0. The topological polar surface area (TPSA) is 20.2 Å². The molecule has 1 aromatic rings. The SMILES string of the molecule is C=CCc1cc(CCCCCCCCCC(C)C)ccc1O. The zero-order chi connectivity index (χ0) is 16.2. The Balaban J connectivity index is 2.09. The molecule has 0 unspecified atom stereocenters. The van der Waals surface area contributed by atoms with Crippen LogP contribution >= 0.6 is 0 Å². The van der Waals surface area contributed by atoms with E-state index >= 15 is 0 Å². The lowest BCUT2D eigenvalue weighted by Gasteiger charge is -2.07. The molecule has 0 aromatic heterocycles. The number of aryl methyl sites for hydroxylation is 1. The molecule has 0 atom stereocenters. The van der Waals surface area contributed by atoms with Crippen molar-refractivity contribution < 1.29 is 5.11 Å². The summed E-state index contributed by atoms with van der Waals surface area (Å²) in [5, 5.41) is 9.76. The van der Waals surface area contributed by atoms with Crippen molar-refractivity contribution in [2.45, 2.75) is 78.1 Å². The number of benzene rings is 1. The molecule has 0 aliphatic carbocycles. The third-order valence-corrected chi connectivity index (χ3v) is 4.26. The largest absolute Gasteiger partial charge is 0.508 e. The lowest BCUT2D eigenvalue weighted by molar-refractivity contribution is 0.469. The van der Waals surface area contributed by atoms with E-state index in [0.717, 1.165) is 24.3 Å². The molecule has 22 heavy (non-hydrogen) atoms. The Labute approximate surface area is 137 Å². The number of hydrogen-bond acceptors (Lipinski definition) is 1. The van der Waals surface area contributed by atoms with Crippen molar-refractivity contribution in [3.63, 3.8) is 0 Å². The van der Waals surface area contributed by atoms with Crippen molar-refractivity contribution in [2.24, 2.45) is 5.92 Å². The Hall–Kier alpha value is -1.24. The average molecular weight is 303 g/mol. The van der Waals surface area contributed by atoms with Crippen molar-refractivity contribution in [1.29, 1.82) is 0 Å². The van der Waals surface area contributed by atoms with Gasteiger partial charge < -0.3 is 5.11 Å². The molecule has 0 saturated carbocycles. The summed E-state index contributed by atoms with van der Waals surface area (Å²) in [6, 6.07) is 6.00. The first kappa shape index (κ1) is 18.8. The minimum Gasteiger partial charge on any atom is -0.508 e. The van der Waals surface area contributed by atoms with Crippen LogP contribution in [0.25, 0.3) is 0 Å². The standard InChI is InChI=1S/C21H34O/c1-4-12-20-17-19(15-16-21(20)22)14-11-9-7-5-6-8-10-13-18(2)3/h4,15-18,22H,1,5-14H2,2-3H3. The first-order chi connectivity index (χ1) is 10.6. The van der Waals surface area contributed by atoms with Gasteiger partial charge in [0, 0.05) is 0 Å². The molecule has 1 aromatic carbocycles. The molecule has 1 heteroatoms. The molecule has 0 aliphatic rings. The van der Waals surface area contributed by atoms with Crippen molar-refractivity contribution in [3.8, 4) is 5.75 Å². The molecule has 1 N–H and O–H groups in total. The van der Waals surface area contributed by atoms with Crippen LogP contribution in [0.4, 0.5) is 0 Å². The van der Waals surface area contributed by atoms with E-state index < -0.39 is 0 Å². The highest BCUT2D eigenvalue weighted by Crippen LogP contribution is 2.21. The van der Waals surface area contributed by atoms with Gasteiger partial charge in [0.15, 0.2) is 0 Å². The van der Waals surface area contributed by atoms with Gasteiger partial charge in [-0.3, -0.25) is 0 Å². The van der Waals surface area contributed by atoms with E-state index in [2.05, 4.69) is 26.5 Å². The molecule has 0 amide bonds. The van der Waals surface area contributed by atoms with E-state index in [4.69, 9.17) is 0 Å². The zero-order valence-electron chi connectivity index (χ0n) is 14.6. The minimum atomic E-state index is 0.394. The number of unbranched alkanes of at least 4 members (excludes halogenated alkanes) is 6. The van der Waals surface area contributed by atoms with E-state index in [0.29, 0.717) is 5.75 Å². The summed E-state index contributed by atoms with van der Waals surface area (Å²) in [5.41, 5.74) is 2.34. The van der Waals surface area contributed by atoms with Crippen LogP contribution in [0, 0.1) is 5.92 Å². The van der Waals surface area contributed by atoms with E-state index in [1.807, 2.05) is 18.2 Å². The van der Waals surface area contributed by atoms with Gasteiger partial charge in [-0.1, -0.05) is 77.0 Å². The van der Waals surface area contributed by atoms with Crippen molar-refractivity contribution in [1.82, 2.24) is 0 Å². The van der Waals surface area contributed by atoms with Crippen LogP contribution in [0.2, 0.25) is 0 Å². The summed E-state index contributed by atoms with van der Waals surface area (Å²) in [5.74, 6) is 1.25.